The van der Waals surface area contributed by atoms with E-state index < -0.39 is 11.9 Å². The minimum atomic E-state index is -1.82. The predicted molar refractivity (Wildman–Crippen MR) is 39.5 cm³/mol. The molecule has 0 fully saturated rings. The van der Waals surface area contributed by atoms with E-state index in [4.69, 9.17) is 19.8 Å². The molecule has 0 aliphatic carbocycles. The fraction of sp³-hybridized carbons (Fsp3) is 0. The Morgan fingerprint density at radius 1 is 1.00 bits per heavy atom. The Morgan fingerprint density at radius 2 is 1.11 bits per heavy atom. The van der Waals surface area contributed by atoms with Crippen molar-refractivity contribution in [2.45, 2.75) is 0 Å². The molecule has 0 atom stereocenters. The van der Waals surface area contributed by atoms with Crippen molar-refractivity contribution < 1.29 is 19.8 Å². The number of hydrogen-bond acceptors (Lipinski definition) is 2. The van der Waals surface area contributed by atoms with Crippen molar-refractivity contribution in [3.63, 3.8) is 0 Å². The van der Waals surface area contributed by atoms with Gasteiger partial charge in [0.25, 0.3) is 0 Å². The number of carbonyl (C=O) groups is 2. The molecule has 9 heavy (non-hydrogen) atoms. The number of carboxylic acid groups (broad SMARTS) is 2. The summed E-state index contributed by atoms with van der Waals surface area (Å²) in [7, 11) is 0. The van der Waals surface area contributed by atoms with Gasteiger partial charge >= 0.3 is 60.4 Å². The van der Waals surface area contributed by atoms with Crippen LogP contribution in [0.25, 0.3) is 0 Å². The second-order valence-corrected chi connectivity index (χ2v) is 0.610. The first-order valence-corrected chi connectivity index (χ1v) is 1.11. The Balaban J connectivity index is -0.0000000417. The number of aliphatic carboxylic acids is 2. The third kappa shape index (κ3) is 17.7. The Labute approximate surface area is 88.0 Å². The summed E-state index contributed by atoms with van der Waals surface area (Å²) in [6.45, 7) is 0. The Kier molecular flexibility index (Phi) is 28.7. The topological polar surface area (TPSA) is 74.6 Å². The van der Waals surface area contributed by atoms with E-state index in [1.54, 1.807) is 0 Å². The molecule has 0 aromatic carbocycles. The first kappa shape index (κ1) is 22.6. The van der Waals surface area contributed by atoms with Crippen molar-refractivity contribution >= 4 is 68.8 Å². The average molecular weight is 136 g/mol. The molecule has 0 bridgehead atoms. The van der Waals surface area contributed by atoms with E-state index in [1.807, 2.05) is 0 Å². The molecule has 0 heterocycles. The van der Waals surface area contributed by atoms with Gasteiger partial charge in [0.2, 0.25) is 0 Å². The summed E-state index contributed by atoms with van der Waals surface area (Å²) in [5.41, 5.74) is 0. The van der Waals surface area contributed by atoms with Crippen molar-refractivity contribution in [3.8, 4) is 0 Å². The van der Waals surface area contributed by atoms with Gasteiger partial charge in [-0.3, -0.25) is 0 Å². The Morgan fingerprint density at radius 3 is 1.11 bits per heavy atom. The van der Waals surface area contributed by atoms with Crippen LogP contribution in [0, 0.1) is 0 Å². The molecule has 0 amide bonds. The SMILES string of the molecule is B.O=C(O)C(=O)O.[LiH].[NaH]. The summed E-state index contributed by atoms with van der Waals surface area (Å²) < 4.78 is 0. The van der Waals surface area contributed by atoms with E-state index in [9.17, 15) is 0 Å². The molecule has 0 spiro atoms. The third-order valence-corrected chi connectivity index (χ3v) is 0.183. The van der Waals surface area contributed by atoms with Gasteiger partial charge in [-0.05, 0) is 0 Å². The van der Waals surface area contributed by atoms with Crippen LogP contribution in [0.1, 0.15) is 0 Å². The van der Waals surface area contributed by atoms with Crippen LogP contribution in [0.3, 0.4) is 0 Å². The van der Waals surface area contributed by atoms with Gasteiger partial charge in [-0.1, -0.05) is 0 Å². The molecule has 0 aromatic heterocycles. The average Bonchev–Trinajstić information content (AvgIpc) is 1.36. The normalized spacial score (nSPS) is 4.89. The van der Waals surface area contributed by atoms with Gasteiger partial charge in [-0.2, -0.15) is 0 Å². The summed E-state index contributed by atoms with van der Waals surface area (Å²) in [5, 5.41) is 14.8. The van der Waals surface area contributed by atoms with Crippen LogP contribution >= 0.6 is 0 Å². The van der Waals surface area contributed by atoms with Crippen LogP contribution in [-0.4, -0.2) is 79.0 Å². The zero-order valence-corrected chi connectivity index (χ0v) is 2.71. The van der Waals surface area contributed by atoms with Crippen LogP contribution < -0.4 is 0 Å². The molecule has 0 unspecified atom stereocenters. The maximum atomic E-state index is 9.10. The van der Waals surface area contributed by atoms with Gasteiger partial charge in [0.15, 0.2) is 0 Å². The van der Waals surface area contributed by atoms with Gasteiger partial charge in [0, 0.05) is 0 Å². The first-order valence-electron chi connectivity index (χ1n) is 1.11. The monoisotopic (exact) mass is 136 g/mol. The van der Waals surface area contributed by atoms with E-state index in [0.717, 1.165) is 0 Å². The predicted octanol–water partition coefficient (Wildman–Crippen LogP) is -3.33. The van der Waals surface area contributed by atoms with E-state index in [1.165, 1.54) is 0 Å². The van der Waals surface area contributed by atoms with Crippen molar-refractivity contribution in [2.24, 2.45) is 0 Å². The molecule has 0 saturated carbocycles. The van der Waals surface area contributed by atoms with Gasteiger partial charge in [-0.25, -0.2) is 9.59 Å². The van der Waals surface area contributed by atoms with Crippen LogP contribution in [-0.2, 0) is 9.59 Å². The van der Waals surface area contributed by atoms with Crippen molar-refractivity contribution in [1.29, 1.82) is 0 Å². The molecule has 0 aliphatic rings. The fourth-order valence-corrected chi connectivity index (χ4v) is 0. The van der Waals surface area contributed by atoms with E-state index in [0.29, 0.717) is 0 Å². The molecule has 0 rings (SSSR count). The minimum absolute atomic E-state index is 0. The van der Waals surface area contributed by atoms with Crippen LogP contribution in [0.4, 0.5) is 0 Å². The molecule has 2 N–H and O–H groups in total. The molecule has 0 aliphatic heterocycles. The third-order valence-electron chi connectivity index (χ3n) is 0.183. The summed E-state index contributed by atoms with van der Waals surface area (Å²) in [4.78, 5) is 18.2. The van der Waals surface area contributed by atoms with Crippen LogP contribution in [0.5, 0.6) is 0 Å². The number of carboxylic acids is 2. The molecule has 7 heteroatoms. The Hall–Kier alpha value is 0.602. The van der Waals surface area contributed by atoms with Gasteiger partial charge in [0.1, 0.15) is 0 Å². The molecular formula is C2H7BLiNaO4. The molecular weight excluding hydrogens is 129 g/mol. The van der Waals surface area contributed by atoms with Gasteiger partial charge in [-0.15, -0.1) is 0 Å². The molecule has 0 radical (unpaired) electrons. The molecule has 0 saturated heterocycles. The van der Waals surface area contributed by atoms with Crippen LogP contribution in [0.2, 0.25) is 0 Å². The van der Waals surface area contributed by atoms with Gasteiger partial charge < -0.3 is 10.2 Å². The molecule has 4 nitrogen and oxygen atoms in total. The second kappa shape index (κ2) is 11.4. The fourth-order valence-electron chi connectivity index (χ4n) is 0. The Bertz CT molecular complexity index is 84.6. The maximum absolute atomic E-state index is 9.10. The second-order valence-electron chi connectivity index (χ2n) is 0.610. The zero-order chi connectivity index (χ0) is 5.15. The molecule has 44 valence electrons. The van der Waals surface area contributed by atoms with E-state index >= 15 is 0 Å². The van der Waals surface area contributed by atoms with Crippen LogP contribution in [0.15, 0.2) is 0 Å². The standard InChI is InChI=1S/C2H2O4.BH3.Li.Na.2H/c3-1(4)2(5)6;;;;;/h(H,3,4)(H,5,6);1H3;;;;. The zero-order valence-electron chi connectivity index (χ0n) is 2.71. The number of rotatable bonds is 0. The van der Waals surface area contributed by atoms with Gasteiger partial charge in [0.05, 0.1) is 8.41 Å². The summed E-state index contributed by atoms with van der Waals surface area (Å²) >= 11 is 0. The quantitative estimate of drug-likeness (QED) is 0.269. The van der Waals surface area contributed by atoms with E-state index in [2.05, 4.69) is 0 Å². The van der Waals surface area contributed by atoms with Crippen molar-refractivity contribution in [1.82, 2.24) is 0 Å². The summed E-state index contributed by atoms with van der Waals surface area (Å²) in [6.07, 6.45) is 0. The summed E-state index contributed by atoms with van der Waals surface area (Å²) in [6, 6.07) is 0. The van der Waals surface area contributed by atoms with Crippen molar-refractivity contribution in [3.05, 3.63) is 0 Å². The number of hydrogen-bond donors (Lipinski definition) is 2. The summed E-state index contributed by atoms with van der Waals surface area (Å²) in [5.74, 6) is -3.65. The van der Waals surface area contributed by atoms with E-state index in [-0.39, 0.29) is 56.8 Å². The first-order chi connectivity index (χ1) is 2.64. The van der Waals surface area contributed by atoms with Crippen molar-refractivity contribution in [2.75, 3.05) is 0 Å². The molecule has 0 aromatic rings.